The summed E-state index contributed by atoms with van der Waals surface area (Å²) in [6.07, 6.45) is 7.38. The van der Waals surface area contributed by atoms with E-state index < -0.39 is 5.91 Å². The second-order valence-electron chi connectivity index (χ2n) is 6.00. The number of piperidine rings is 1. The summed E-state index contributed by atoms with van der Waals surface area (Å²) in [6, 6.07) is 0. The van der Waals surface area contributed by atoms with Crippen molar-refractivity contribution in [1.82, 2.24) is 20.4 Å². The minimum atomic E-state index is -0.456. The molecule has 1 aliphatic rings. The van der Waals surface area contributed by atoms with Gasteiger partial charge in [-0.25, -0.2) is 0 Å². The van der Waals surface area contributed by atoms with Gasteiger partial charge >= 0.3 is 0 Å². The molecular weight excluding hydrogens is 334 g/mol. The molecule has 0 aromatic carbocycles. The third kappa shape index (κ3) is 4.92. The van der Waals surface area contributed by atoms with Crippen LogP contribution in [0.5, 0.6) is 0 Å². The summed E-state index contributed by atoms with van der Waals surface area (Å²) in [5.41, 5.74) is 0.841. The van der Waals surface area contributed by atoms with Gasteiger partial charge in [-0.15, -0.1) is 0 Å². The van der Waals surface area contributed by atoms with Crippen molar-refractivity contribution >= 4 is 23.4 Å². The molecule has 0 radical (unpaired) electrons. The number of carbonyl (C=O) groups is 3. The fourth-order valence-corrected chi connectivity index (χ4v) is 2.68. The van der Waals surface area contributed by atoms with Crippen molar-refractivity contribution < 1.29 is 14.4 Å². The van der Waals surface area contributed by atoms with Crippen LogP contribution in [0.4, 0.5) is 5.69 Å². The molecule has 138 valence electrons. The molecule has 0 atom stereocenters. The summed E-state index contributed by atoms with van der Waals surface area (Å²) in [5, 5.41) is 11.7. The Morgan fingerprint density at radius 1 is 1.35 bits per heavy atom. The zero-order chi connectivity index (χ0) is 19.1. The molecule has 0 unspecified atom stereocenters. The number of rotatable bonds is 6. The molecule has 1 aromatic heterocycles. The van der Waals surface area contributed by atoms with Crippen molar-refractivity contribution in [2.24, 2.45) is 5.92 Å². The quantitative estimate of drug-likeness (QED) is 0.672. The number of hydrogen-bond donors (Lipinski definition) is 3. The van der Waals surface area contributed by atoms with Gasteiger partial charge in [-0.2, -0.15) is 5.10 Å². The number of aromatic nitrogens is 2. The highest BCUT2D eigenvalue weighted by Crippen LogP contribution is 2.20. The largest absolute Gasteiger partial charge is 0.343 e. The smallest absolute Gasteiger partial charge is 0.275 e. The third-order valence-corrected chi connectivity index (χ3v) is 4.14. The lowest BCUT2D eigenvalue weighted by Crippen LogP contribution is -2.40. The maximum atomic E-state index is 12.5. The van der Waals surface area contributed by atoms with Crippen LogP contribution in [0.15, 0.2) is 43.3 Å². The maximum absolute atomic E-state index is 12.5. The van der Waals surface area contributed by atoms with Crippen LogP contribution < -0.4 is 10.6 Å². The average Bonchev–Trinajstić information content (AvgIpc) is 3.08. The second kappa shape index (κ2) is 8.80. The first-order valence-electron chi connectivity index (χ1n) is 8.31. The maximum Gasteiger partial charge on any atom is 0.275 e. The summed E-state index contributed by atoms with van der Waals surface area (Å²) < 4.78 is 0. The number of allylic oxidation sites excluding steroid dienone is 3. The van der Waals surface area contributed by atoms with E-state index in [0.717, 1.165) is 0 Å². The Bertz CT molecular complexity index is 742. The normalized spacial score (nSPS) is 14.9. The highest BCUT2D eigenvalue weighted by molar-refractivity contribution is 6.03. The van der Waals surface area contributed by atoms with E-state index in [9.17, 15) is 14.4 Å². The van der Waals surface area contributed by atoms with Crippen LogP contribution >= 0.6 is 0 Å². The fourth-order valence-electron chi connectivity index (χ4n) is 2.68. The van der Waals surface area contributed by atoms with Crippen molar-refractivity contribution in [3.8, 4) is 0 Å². The molecule has 1 fully saturated rings. The van der Waals surface area contributed by atoms with Gasteiger partial charge in [0.15, 0.2) is 0 Å². The van der Waals surface area contributed by atoms with E-state index in [1.165, 1.54) is 13.1 Å². The number of carbonyl (C=O) groups excluding carboxylic acids is 3. The lowest BCUT2D eigenvalue weighted by molar-refractivity contribution is -0.132. The van der Waals surface area contributed by atoms with E-state index in [1.54, 1.807) is 23.1 Å². The number of anilines is 1. The Labute approximate surface area is 152 Å². The van der Waals surface area contributed by atoms with E-state index in [4.69, 9.17) is 0 Å². The number of likely N-dealkylation sites (tertiary alicyclic amines) is 1. The van der Waals surface area contributed by atoms with E-state index in [-0.39, 0.29) is 23.4 Å². The monoisotopic (exact) mass is 357 g/mol. The third-order valence-electron chi connectivity index (χ3n) is 4.14. The molecule has 1 saturated heterocycles. The van der Waals surface area contributed by atoms with Gasteiger partial charge in [0.2, 0.25) is 11.8 Å². The SMILES string of the molecule is C=C/C=C\C(=C)NC(=O)c1[nH]ncc1NC(=O)C1CCN(C(C)=O)CC1. The van der Waals surface area contributed by atoms with Crippen LogP contribution in [0, 0.1) is 5.92 Å². The molecule has 0 spiro atoms. The Hall–Kier alpha value is -3.16. The predicted molar refractivity (Wildman–Crippen MR) is 98.1 cm³/mol. The molecule has 8 heteroatoms. The van der Waals surface area contributed by atoms with Crippen LogP contribution in [-0.2, 0) is 9.59 Å². The lowest BCUT2D eigenvalue weighted by Gasteiger charge is -2.30. The van der Waals surface area contributed by atoms with Gasteiger partial charge < -0.3 is 15.5 Å². The highest BCUT2D eigenvalue weighted by Gasteiger charge is 2.27. The van der Waals surface area contributed by atoms with Crippen LogP contribution in [0.2, 0.25) is 0 Å². The molecule has 26 heavy (non-hydrogen) atoms. The van der Waals surface area contributed by atoms with Crippen LogP contribution in [-0.4, -0.2) is 45.9 Å². The molecule has 1 aliphatic heterocycles. The fraction of sp³-hybridized carbons (Fsp3) is 0.333. The van der Waals surface area contributed by atoms with Gasteiger partial charge in [-0.3, -0.25) is 19.5 Å². The number of amides is 3. The number of nitrogens with one attached hydrogen (secondary N) is 3. The van der Waals surface area contributed by atoms with Crippen LogP contribution in [0.25, 0.3) is 0 Å². The van der Waals surface area contributed by atoms with Crippen molar-refractivity contribution in [3.63, 3.8) is 0 Å². The Kier molecular flexibility index (Phi) is 6.48. The zero-order valence-electron chi connectivity index (χ0n) is 14.7. The first kappa shape index (κ1) is 19.2. The van der Waals surface area contributed by atoms with Gasteiger partial charge in [0.05, 0.1) is 11.9 Å². The molecule has 1 aromatic rings. The standard InChI is InChI=1S/C18H23N5O3/c1-4-5-6-12(2)20-18(26)16-15(11-19-22-16)21-17(25)14-7-9-23(10-8-14)13(3)24/h4-6,11,14H,1-2,7-10H2,3H3,(H,19,22)(H,20,26)(H,21,25)/b6-5-. The predicted octanol–water partition coefficient (Wildman–Crippen LogP) is 1.59. The second-order valence-corrected chi connectivity index (χ2v) is 6.00. The summed E-state index contributed by atoms with van der Waals surface area (Å²) in [5.74, 6) is -0.831. The molecule has 0 bridgehead atoms. The van der Waals surface area contributed by atoms with Crippen molar-refractivity contribution in [2.45, 2.75) is 19.8 Å². The molecule has 0 aliphatic carbocycles. The Balaban J connectivity index is 1.96. The summed E-state index contributed by atoms with van der Waals surface area (Å²) >= 11 is 0. The summed E-state index contributed by atoms with van der Waals surface area (Å²) in [7, 11) is 0. The molecule has 2 heterocycles. The number of aromatic amines is 1. The lowest BCUT2D eigenvalue weighted by atomic mass is 9.96. The molecule has 8 nitrogen and oxygen atoms in total. The van der Waals surface area contributed by atoms with E-state index in [2.05, 4.69) is 34.0 Å². The molecular formula is C18H23N5O3. The van der Waals surface area contributed by atoms with Gasteiger partial charge in [0, 0.05) is 31.6 Å². The Morgan fingerprint density at radius 2 is 2.04 bits per heavy atom. The summed E-state index contributed by atoms with van der Waals surface area (Å²) in [6.45, 7) is 9.89. The van der Waals surface area contributed by atoms with E-state index >= 15 is 0 Å². The van der Waals surface area contributed by atoms with Gasteiger partial charge in [0.25, 0.3) is 5.91 Å². The number of hydrogen-bond acceptors (Lipinski definition) is 4. The minimum Gasteiger partial charge on any atom is -0.343 e. The minimum absolute atomic E-state index is 0.0170. The number of nitrogens with zero attached hydrogens (tertiary/aromatic N) is 2. The van der Waals surface area contributed by atoms with E-state index in [1.807, 2.05) is 0 Å². The van der Waals surface area contributed by atoms with Gasteiger partial charge in [-0.1, -0.05) is 25.3 Å². The van der Waals surface area contributed by atoms with Crippen molar-refractivity contribution in [2.75, 3.05) is 18.4 Å². The first-order chi connectivity index (χ1) is 12.4. The van der Waals surface area contributed by atoms with Crippen molar-refractivity contribution in [1.29, 1.82) is 0 Å². The van der Waals surface area contributed by atoms with Crippen LogP contribution in [0.1, 0.15) is 30.3 Å². The van der Waals surface area contributed by atoms with Gasteiger partial charge in [0.1, 0.15) is 5.69 Å². The topological polar surface area (TPSA) is 107 Å². The van der Waals surface area contributed by atoms with Crippen molar-refractivity contribution in [3.05, 3.63) is 49.0 Å². The zero-order valence-corrected chi connectivity index (χ0v) is 14.7. The number of H-pyrrole nitrogens is 1. The molecule has 3 amide bonds. The summed E-state index contributed by atoms with van der Waals surface area (Å²) in [4.78, 5) is 37.8. The van der Waals surface area contributed by atoms with Crippen LogP contribution in [0.3, 0.4) is 0 Å². The molecule has 0 saturated carbocycles. The molecule has 2 rings (SSSR count). The average molecular weight is 357 g/mol. The van der Waals surface area contributed by atoms with Gasteiger partial charge in [-0.05, 0) is 18.9 Å². The first-order valence-corrected chi connectivity index (χ1v) is 8.31. The Morgan fingerprint density at radius 3 is 2.65 bits per heavy atom. The highest BCUT2D eigenvalue weighted by atomic mass is 16.2. The molecule has 3 N–H and O–H groups in total. The van der Waals surface area contributed by atoms with E-state index in [0.29, 0.717) is 37.3 Å².